The number of aliphatic hydroxyl groups excluding tert-OH is 1. The van der Waals surface area contributed by atoms with E-state index in [1.807, 2.05) is 0 Å². The van der Waals surface area contributed by atoms with E-state index in [2.05, 4.69) is 9.84 Å². The molecule has 1 heterocycles. The first-order valence-corrected chi connectivity index (χ1v) is 4.81. The third kappa shape index (κ3) is 3.33. The molecule has 1 aromatic rings. The van der Waals surface area contributed by atoms with Crippen LogP contribution in [0.25, 0.3) is 6.08 Å². The maximum atomic E-state index is 11.3. The number of ether oxygens (including phenoxy) is 2. The molecule has 92 valence electrons. The van der Waals surface area contributed by atoms with Gasteiger partial charge in [-0.15, -0.1) is 0 Å². The van der Waals surface area contributed by atoms with Crippen molar-refractivity contribution in [2.24, 2.45) is 0 Å². The molecule has 0 aliphatic carbocycles. The molecule has 7 heteroatoms. The van der Waals surface area contributed by atoms with E-state index in [-0.39, 0.29) is 23.0 Å². The predicted octanol–water partition coefficient (Wildman–Crippen LogP) is 0.186. The van der Waals surface area contributed by atoms with Crippen molar-refractivity contribution in [3.63, 3.8) is 0 Å². The average molecular weight is 240 g/mol. The standard InChI is InChI=1S/C10H12N2O5/c1-3-17-10(14)8(13)6-7-4-5-9(16-2)11-12(7)15/h4-6,13H,3H2,1-2H3/b8-6+. The van der Waals surface area contributed by atoms with Gasteiger partial charge in [-0.05, 0) is 11.8 Å². The molecule has 0 atom stereocenters. The van der Waals surface area contributed by atoms with Gasteiger partial charge in [-0.25, -0.2) is 4.79 Å². The highest BCUT2D eigenvalue weighted by Gasteiger charge is 2.13. The molecular weight excluding hydrogens is 228 g/mol. The van der Waals surface area contributed by atoms with Crippen LogP contribution in [-0.4, -0.2) is 29.9 Å². The van der Waals surface area contributed by atoms with Crippen molar-refractivity contribution in [2.75, 3.05) is 13.7 Å². The lowest BCUT2D eigenvalue weighted by atomic mass is 10.3. The van der Waals surface area contributed by atoms with Crippen LogP contribution in [0.2, 0.25) is 0 Å². The lowest BCUT2D eigenvalue weighted by Gasteiger charge is -2.01. The summed E-state index contributed by atoms with van der Waals surface area (Å²) in [6, 6.07) is 2.78. The third-order valence-corrected chi connectivity index (χ3v) is 1.79. The van der Waals surface area contributed by atoms with Crippen molar-refractivity contribution in [1.29, 1.82) is 0 Å². The Morgan fingerprint density at radius 1 is 1.65 bits per heavy atom. The molecule has 0 saturated carbocycles. The highest BCUT2D eigenvalue weighted by molar-refractivity contribution is 5.90. The Hall–Kier alpha value is -2.31. The fourth-order valence-electron chi connectivity index (χ4n) is 1.02. The molecule has 1 N–H and O–H groups in total. The number of methoxy groups -OCH3 is 1. The largest absolute Gasteiger partial charge is 0.594 e. The van der Waals surface area contributed by atoms with Crippen LogP contribution in [0, 0.1) is 5.21 Å². The highest BCUT2D eigenvalue weighted by Crippen LogP contribution is 2.06. The Bertz CT molecular complexity index is 444. The number of hydrogen-bond donors (Lipinski definition) is 1. The van der Waals surface area contributed by atoms with E-state index >= 15 is 0 Å². The van der Waals surface area contributed by atoms with E-state index in [1.165, 1.54) is 19.2 Å². The van der Waals surface area contributed by atoms with Gasteiger partial charge >= 0.3 is 5.97 Å². The highest BCUT2D eigenvalue weighted by atomic mass is 16.5. The number of carbonyl (C=O) groups excluding carboxylic acids is 1. The van der Waals surface area contributed by atoms with Crippen LogP contribution < -0.4 is 9.58 Å². The number of hydrogen-bond acceptors (Lipinski definition) is 6. The number of nitrogens with zero attached hydrogens (tertiary/aromatic N) is 2. The van der Waals surface area contributed by atoms with Crippen LogP contribution in [0.1, 0.15) is 12.6 Å². The SMILES string of the molecule is CCOC(=O)/C(O)=C\c1ccc(OC)n[n+]1[O-]. The third-order valence-electron chi connectivity index (χ3n) is 1.79. The van der Waals surface area contributed by atoms with E-state index in [0.29, 0.717) is 0 Å². The van der Waals surface area contributed by atoms with E-state index in [4.69, 9.17) is 4.74 Å². The minimum absolute atomic E-state index is 0.00338. The number of esters is 1. The summed E-state index contributed by atoms with van der Waals surface area (Å²) in [7, 11) is 1.37. The van der Waals surface area contributed by atoms with Crippen molar-refractivity contribution in [1.82, 2.24) is 5.10 Å². The summed E-state index contributed by atoms with van der Waals surface area (Å²) in [6.45, 7) is 1.74. The van der Waals surface area contributed by atoms with Gasteiger partial charge in [0.2, 0.25) is 11.5 Å². The molecule has 0 radical (unpaired) electrons. The molecule has 7 nitrogen and oxygen atoms in total. The zero-order valence-electron chi connectivity index (χ0n) is 9.41. The Morgan fingerprint density at radius 3 is 2.88 bits per heavy atom. The molecule has 0 aliphatic rings. The van der Waals surface area contributed by atoms with E-state index in [0.717, 1.165) is 6.08 Å². The lowest BCUT2D eigenvalue weighted by molar-refractivity contribution is -0.671. The molecule has 0 spiro atoms. The second-order valence-corrected chi connectivity index (χ2v) is 2.92. The van der Waals surface area contributed by atoms with Crippen LogP contribution in [0.15, 0.2) is 17.9 Å². The van der Waals surface area contributed by atoms with Gasteiger partial charge in [0.05, 0.1) is 24.9 Å². The van der Waals surface area contributed by atoms with Gasteiger partial charge in [-0.1, -0.05) is 0 Å². The van der Waals surface area contributed by atoms with Gasteiger partial charge in [0, 0.05) is 12.1 Å². The van der Waals surface area contributed by atoms with E-state index < -0.39 is 11.7 Å². The van der Waals surface area contributed by atoms with Crippen molar-refractivity contribution in [3.05, 3.63) is 28.8 Å². The van der Waals surface area contributed by atoms with Crippen molar-refractivity contribution >= 4 is 12.0 Å². The quantitative estimate of drug-likeness (QED) is 0.265. The fourth-order valence-corrected chi connectivity index (χ4v) is 1.02. The summed E-state index contributed by atoms with van der Waals surface area (Å²) in [4.78, 5) is 11.3. The van der Waals surface area contributed by atoms with Gasteiger partial charge < -0.3 is 19.8 Å². The van der Waals surface area contributed by atoms with Gasteiger partial charge in [-0.2, -0.15) is 0 Å². The van der Waals surface area contributed by atoms with Crippen molar-refractivity contribution in [3.8, 4) is 5.88 Å². The van der Waals surface area contributed by atoms with Gasteiger partial charge in [0.1, 0.15) is 0 Å². The molecule has 0 amide bonds. The smallest absolute Gasteiger partial charge is 0.373 e. The molecule has 0 unspecified atom stereocenters. The van der Waals surface area contributed by atoms with Crippen LogP contribution in [-0.2, 0) is 9.53 Å². The number of aromatic nitrogens is 2. The Labute approximate surface area is 97.5 Å². The average Bonchev–Trinajstić information content (AvgIpc) is 2.31. The topological polar surface area (TPSA) is 95.6 Å². The van der Waals surface area contributed by atoms with E-state index in [1.54, 1.807) is 6.92 Å². The number of carbonyl (C=O) groups is 1. The zero-order valence-corrected chi connectivity index (χ0v) is 9.41. The minimum atomic E-state index is -0.900. The van der Waals surface area contributed by atoms with E-state index in [9.17, 15) is 15.1 Å². The first kappa shape index (κ1) is 12.8. The summed E-state index contributed by atoms with van der Waals surface area (Å²) in [6.07, 6.45) is 0.970. The normalized spacial score (nSPS) is 11.1. The second-order valence-electron chi connectivity index (χ2n) is 2.92. The molecule has 0 bridgehead atoms. The molecule has 1 rings (SSSR count). The number of aliphatic hydroxyl groups is 1. The monoisotopic (exact) mass is 240 g/mol. The van der Waals surface area contributed by atoms with Crippen molar-refractivity contribution in [2.45, 2.75) is 6.92 Å². The lowest BCUT2D eigenvalue weighted by Crippen LogP contribution is -2.34. The van der Waals surface area contributed by atoms with Crippen LogP contribution in [0.5, 0.6) is 5.88 Å². The second kappa shape index (κ2) is 5.69. The van der Waals surface area contributed by atoms with Gasteiger partial charge in [0.25, 0.3) is 5.88 Å². The summed E-state index contributed by atoms with van der Waals surface area (Å²) >= 11 is 0. The van der Waals surface area contributed by atoms with Crippen LogP contribution in [0.4, 0.5) is 0 Å². The van der Waals surface area contributed by atoms with Crippen LogP contribution >= 0.6 is 0 Å². The maximum Gasteiger partial charge on any atom is 0.373 e. The maximum absolute atomic E-state index is 11.3. The Morgan fingerprint density at radius 2 is 2.35 bits per heavy atom. The van der Waals surface area contributed by atoms with Crippen LogP contribution in [0.3, 0.4) is 0 Å². The molecule has 1 aromatic heterocycles. The summed E-state index contributed by atoms with van der Waals surface area (Å²) in [5.41, 5.74) is -0.00338. The molecule has 0 aromatic carbocycles. The molecular formula is C10H12N2O5. The van der Waals surface area contributed by atoms with Gasteiger partial charge in [-0.3, -0.25) is 0 Å². The Kier molecular flexibility index (Phi) is 4.27. The van der Waals surface area contributed by atoms with Gasteiger partial charge in [0.15, 0.2) is 0 Å². The summed E-state index contributed by atoms with van der Waals surface area (Å²) in [5.74, 6) is -1.43. The molecule has 0 saturated heterocycles. The predicted molar refractivity (Wildman–Crippen MR) is 57.0 cm³/mol. The zero-order chi connectivity index (χ0) is 12.8. The first-order chi connectivity index (χ1) is 8.08. The molecule has 17 heavy (non-hydrogen) atoms. The fraction of sp³-hybridized carbons (Fsp3) is 0.300. The summed E-state index contributed by atoms with van der Waals surface area (Å²) < 4.78 is 9.28. The molecule has 0 fully saturated rings. The molecule has 0 aliphatic heterocycles. The van der Waals surface area contributed by atoms with Crippen molar-refractivity contribution < 1.29 is 24.2 Å². The number of rotatable bonds is 4. The first-order valence-electron chi connectivity index (χ1n) is 4.81. The Balaban J connectivity index is 2.94. The minimum Gasteiger partial charge on any atom is -0.594 e. The summed E-state index contributed by atoms with van der Waals surface area (Å²) in [5, 5.41) is 24.1.